The number of aromatic nitrogens is 2. The van der Waals surface area contributed by atoms with Crippen molar-refractivity contribution in [1.82, 2.24) is 14.5 Å². The van der Waals surface area contributed by atoms with Gasteiger partial charge in [-0.15, -0.1) is 5.10 Å². The molecule has 9 heteroatoms. The van der Waals surface area contributed by atoms with Crippen molar-refractivity contribution in [3.05, 3.63) is 35.7 Å². The summed E-state index contributed by atoms with van der Waals surface area (Å²) in [4.78, 5) is 12.6. The van der Waals surface area contributed by atoms with E-state index in [0.717, 1.165) is 38.5 Å². The number of nitrogens with zero attached hydrogens (tertiary/aromatic N) is 3. The fourth-order valence-electron chi connectivity index (χ4n) is 2.90. The molecule has 0 atom stereocenters. The van der Waals surface area contributed by atoms with E-state index in [1.165, 1.54) is 28.6 Å². The van der Waals surface area contributed by atoms with Crippen molar-refractivity contribution in [2.24, 2.45) is 0 Å². The summed E-state index contributed by atoms with van der Waals surface area (Å²) >= 11 is 0. The smallest absolute Gasteiger partial charge is 0.322 e. The molecule has 1 amide bonds. The Morgan fingerprint density at radius 1 is 1.10 bits per heavy atom. The molecule has 1 fully saturated rings. The third-order valence-corrected chi connectivity index (χ3v) is 6.78. The molecular weight excluding hydrogens is 392 g/mol. The molecular formula is C20H28N4O4S. The van der Waals surface area contributed by atoms with Crippen LogP contribution < -0.4 is 5.32 Å². The van der Waals surface area contributed by atoms with Crippen molar-refractivity contribution in [3.63, 3.8) is 0 Å². The number of nitrogens with one attached hydrogen (secondary N) is 1. The summed E-state index contributed by atoms with van der Waals surface area (Å²) in [5, 5.41) is 10.3. The lowest BCUT2D eigenvalue weighted by molar-refractivity contribution is 0.102. The fraction of sp³-hybridized carbons (Fsp3) is 0.550. The van der Waals surface area contributed by atoms with E-state index in [0.29, 0.717) is 30.5 Å². The normalized spacial score (nSPS) is 14.3. The average Bonchev–Trinajstić information content (AvgIpc) is 3.47. The van der Waals surface area contributed by atoms with E-state index >= 15 is 0 Å². The molecule has 1 N–H and O–H groups in total. The van der Waals surface area contributed by atoms with Gasteiger partial charge in [0.25, 0.3) is 5.91 Å². The van der Waals surface area contributed by atoms with Gasteiger partial charge in [-0.25, -0.2) is 8.42 Å². The SMILES string of the molecule is CCCCN(CCCC)S(=O)(=O)c1ccc(C(=O)Nc2nnc(C3CC3)o2)cc1. The number of carbonyl (C=O) groups is 1. The van der Waals surface area contributed by atoms with E-state index in [1.807, 2.05) is 13.8 Å². The van der Waals surface area contributed by atoms with Crippen LogP contribution in [0.4, 0.5) is 6.01 Å². The first kappa shape index (κ1) is 21.4. The van der Waals surface area contributed by atoms with Gasteiger partial charge in [-0.3, -0.25) is 10.1 Å². The predicted molar refractivity (Wildman–Crippen MR) is 109 cm³/mol. The van der Waals surface area contributed by atoms with Crippen molar-refractivity contribution in [1.29, 1.82) is 0 Å². The van der Waals surface area contributed by atoms with Crippen molar-refractivity contribution in [2.45, 2.75) is 63.2 Å². The van der Waals surface area contributed by atoms with Crippen molar-refractivity contribution >= 4 is 21.9 Å². The molecule has 1 aromatic carbocycles. The van der Waals surface area contributed by atoms with E-state index in [-0.39, 0.29) is 10.9 Å². The molecule has 1 heterocycles. The quantitative estimate of drug-likeness (QED) is 0.593. The Kier molecular flexibility index (Phi) is 7.02. The third-order valence-electron chi connectivity index (χ3n) is 4.86. The fourth-order valence-corrected chi connectivity index (χ4v) is 4.42. The monoisotopic (exact) mass is 420 g/mol. The lowest BCUT2D eigenvalue weighted by Crippen LogP contribution is -2.33. The summed E-state index contributed by atoms with van der Waals surface area (Å²) in [6, 6.07) is 5.99. The van der Waals surface area contributed by atoms with Gasteiger partial charge in [-0.1, -0.05) is 31.8 Å². The van der Waals surface area contributed by atoms with Crippen LogP contribution in [0.5, 0.6) is 0 Å². The highest BCUT2D eigenvalue weighted by Gasteiger charge is 2.29. The van der Waals surface area contributed by atoms with Crippen LogP contribution in [-0.2, 0) is 10.0 Å². The van der Waals surface area contributed by atoms with Crippen LogP contribution >= 0.6 is 0 Å². The van der Waals surface area contributed by atoms with Crippen molar-refractivity contribution in [3.8, 4) is 0 Å². The summed E-state index contributed by atoms with van der Waals surface area (Å²) in [5.41, 5.74) is 0.323. The van der Waals surface area contributed by atoms with Crippen molar-refractivity contribution < 1.29 is 17.6 Å². The predicted octanol–water partition coefficient (Wildman–Crippen LogP) is 3.79. The molecule has 1 aliphatic carbocycles. The highest BCUT2D eigenvalue weighted by atomic mass is 32.2. The molecule has 0 spiro atoms. The number of hydrogen-bond donors (Lipinski definition) is 1. The second-order valence-corrected chi connectivity index (χ2v) is 9.25. The highest BCUT2D eigenvalue weighted by Crippen LogP contribution is 2.39. The molecule has 0 aliphatic heterocycles. The van der Waals surface area contributed by atoms with Crippen LogP contribution in [0.1, 0.15) is 74.5 Å². The minimum atomic E-state index is -3.59. The molecule has 158 valence electrons. The van der Waals surface area contributed by atoms with Gasteiger partial charge in [0.1, 0.15) is 0 Å². The van der Waals surface area contributed by atoms with Gasteiger partial charge >= 0.3 is 6.01 Å². The van der Waals surface area contributed by atoms with E-state index in [9.17, 15) is 13.2 Å². The summed E-state index contributed by atoms with van der Waals surface area (Å²) in [6.45, 7) is 5.08. The maximum absolute atomic E-state index is 13.0. The number of unbranched alkanes of at least 4 members (excludes halogenated alkanes) is 2. The largest absolute Gasteiger partial charge is 0.408 e. The van der Waals surface area contributed by atoms with E-state index in [2.05, 4.69) is 15.5 Å². The molecule has 29 heavy (non-hydrogen) atoms. The van der Waals surface area contributed by atoms with Crippen molar-refractivity contribution in [2.75, 3.05) is 18.4 Å². The van der Waals surface area contributed by atoms with Gasteiger partial charge in [0.2, 0.25) is 15.9 Å². The molecule has 3 rings (SSSR count). The molecule has 1 aromatic heterocycles. The molecule has 0 unspecified atom stereocenters. The second-order valence-electron chi connectivity index (χ2n) is 7.31. The van der Waals surface area contributed by atoms with Gasteiger partial charge in [0, 0.05) is 24.6 Å². The molecule has 8 nitrogen and oxygen atoms in total. The lowest BCUT2D eigenvalue weighted by atomic mass is 10.2. The minimum Gasteiger partial charge on any atom is -0.408 e. The van der Waals surface area contributed by atoms with Gasteiger partial charge in [-0.05, 0) is 49.9 Å². The molecule has 0 saturated heterocycles. The second kappa shape index (κ2) is 9.49. The van der Waals surface area contributed by atoms with Gasteiger partial charge in [0.15, 0.2) is 0 Å². The molecule has 2 aromatic rings. The Balaban J connectivity index is 1.68. The van der Waals surface area contributed by atoms with Crippen LogP contribution in [0, 0.1) is 0 Å². The number of anilines is 1. The molecule has 0 radical (unpaired) electrons. The highest BCUT2D eigenvalue weighted by molar-refractivity contribution is 7.89. The summed E-state index contributed by atoms with van der Waals surface area (Å²) < 4.78 is 32.9. The summed E-state index contributed by atoms with van der Waals surface area (Å²) in [6.07, 6.45) is 5.54. The minimum absolute atomic E-state index is 0.0545. The maximum Gasteiger partial charge on any atom is 0.322 e. The Hall–Kier alpha value is -2.26. The van der Waals surface area contributed by atoms with E-state index < -0.39 is 15.9 Å². The number of benzene rings is 1. The number of carbonyl (C=O) groups excluding carboxylic acids is 1. The van der Waals surface area contributed by atoms with Crippen LogP contribution in [-0.4, -0.2) is 41.9 Å². The number of hydrogen-bond acceptors (Lipinski definition) is 6. The van der Waals surface area contributed by atoms with Gasteiger partial charge < -0.3 is 4.42 Å². The third kappa shape index (κ3) is 5.42. The standard InChI is InChI=1S/C20H28N4O4S/c1-3-5-13-24(14-6-4-2)29(26,27)17-11-9-15(10-12-17)18(25)21-20-23-22-19(28-20)16-7-8-16/h9-12,16H,3-8,13-14H2,1-2H3,(H,21,23,25). The topological polar surface area (TPSA) is 105 Å². The first-order valence-corrected chi connectivity index (χ1v) is 11.6. The Bertz CT molecular complexity index is 912. The van der Waals surface area contributed by atoms with E-state index in [1.54, 1.807) is 0 Å². The lowest BCUT2D eigenvalue weighted by Gasteiger charge is -2.22. The van der Waals surface area contributed by atoms with Crippen LogP contribution in [0.15, 0.2) is 33.6 Å². The average molecular weight is 421 g/mol. The van der Waals surface area contributed by atoms with E-state index in [4.69, 9.17) is 4.42 Å². The molecule has 1 aliphatic rings. The Morgan fingerprint density at radius 2 is 1.72 bits per heavy atom. The number of sulfonamides is 1. The van der Waals surface area contributed by atoms with Gasteiger partial charge in [0.05, 0.1) is 4.90 Å². The number of amides is 1. The Morgan fingerprint density at radius 3 is 2.28 bits per heavy atom. The summed E-state index contributed by atoms with van der Waals surface area (Å²) in [7, 11) is -3.59. The zero-order valence-corrected chi connectivity index (χ0v) is 17.7. The zero-order chi connectivity index (χ0) is 20.9. The van der Waals surface area contributed by atoms with Crippen LogP contribution in [0.25, 0.3) is 0 Å². The maximum atomic E-state index is 13.0. The first-order chi connectivity index (χ1) is 14.0. The molecule has 0 bridgehead atoms. The Labute approximate surface area is 171 Å². The van der Waals surface area contributed by atoms with Crippen LogP contribution in [0.3, 0.4) is 0 Å². The number of rotatable bonds is 11. The zero-order valence-electron chi connectivity index (χ0n) is 16.9. The van der Waals surface area contributed by atoms with Crippen LogP contribution in [0.2, 0.25) is 0 Å². The molecule has 1 saturated carbocycles. The summed E-state index contributed by atoms with van der Waals surface area (Å²) in [5.74, 6) is 0.427. The first-order valence-electron chi connectivity index (χ1n) is 10.2. The van der Waals surface area contributed by atoms with Gasteiger partial charge in [-0.2, -0.15) is 4.31 Å².